The van der Waals surface area contributed by atoms with Crippen LogP contribution in [-0.2, 0) is 21.4 Å². The molecule has 1 aliphatic heterocycles. The molecule has 1 aromatic heterocycles. The van der Waals surface area contributed by atoms with Crippen LogP contribution in [0.5, 0.6) is 0 Å². The summed E-state index contributed by atoms with van der Waals surface area (Å²) >= 11 is 0. The number of aromatic nitrogens is 2. The molecule has 0 bridgehead atoms. The fourth-order valence-corrected chi connectivity index (χ4v) is 3.55. The van der Waals surface area contributed by atoms with Gasteiger partial charge < -0.3 is 4.90 Å². The zero-order valence-electron chi connectivity index (χ0n) is 13.7. The molecule has 0 N–H and O–H groups in total. The van der Waals surface area contributed by atoms with Crippen LogP contribution in [0.2, 0.25) is 0 Å². The first-order chi connectivity index (χ1) is 10.8. The van der Waals surface area contributed by atoms with Gasteiger partial charge in [0.05, 0.1) is 12.2 Å². The Labute approximate surface area is 137 Å². The number of nitrogens with zero attached hydrogens (tertiary/aromatic N) is 5. The molecule has 1 aliphatic rings. The minimum absolute atomic E-state index is 0.0603. The largest absolute Gasteiger partial charge is 0.348 e. The van der Waals surface area contributed by atoms with E-state index in [1.165, 1.54) is 21.8 Å². The van der Waals surface area contributed by atoms with Crippen molar-refractivity contribution in [2.24, 2.45) is 5.92 Å². The van der Waals surface area contributed by atoms with E-state index in [-0.39, 0.29) is 18.4 Å². The average Bonchev–Trinajstić information content (AvgIpc) is 2.70. The van der Waals surface area contributed by atoms with Gasteiger partial charge in [-0.1, -0.05) is 0 Å². The van der Waals surface area contributed by atoms with Crippen molar-refractivity contribution >= 4 is 15.9 Å². The minimum Gasteiger partial charge on any atom is -0.348 e. The number of hydrogen-bond acceptors (Lipinski definition) is 6. The molecule has 0 spiro atoms. The Morgan fingerprint density at radius 2 is 1.91 bits per heavy atom. The molecule has 1 fully saturated rings. The molecule has 128 valence electrons. The van der Waals surface area contributed by atoms with Crippen molar-refractivity contribution in [2.75, 3.05) is 46.5 Å². The van der Waals surface area contributed by atoms with E-state index in [2.05, 4.69) is 14.9 Å². The first-order valence-electron chi connectivity index (χ1n) is 7.40. The lowest BCUT2D eigenvalue weighted by atomic mass is 10.1. The molecule has 1 atom stereocenters. The minimum atomic E-state index is -3.33. The van der Waals surface area contributed by atoms with E-state index < -0.39 is 10.0 Å². The Hall–Kier alpha value is -1.58. The van der Waals surface area contributed by atoms with Gasteiger partial charge in [-0.05, 0) is 0 Å². The van der Waals surface area contributed by atoms with E-state index in [0.29, 0.717) is 26.2 Å². The number of rotatable bonds is 4. The second-order valence-electron chi connectivity index (χ2n) is 6.03. The van der Waals surface area contributed by atoms with Gasteiger partial charge in [-0.2, -0.15) is 0 Å². The van der Waals surface area contributed by atoms with E-state index in [0.717, 1.165) is 5.56 Å². The number of amides is 1. The van der Waals surface area contributed by atoms with Crippen LogP contribution in [0.15, 0.2) is 18.7 Å². The van der Waals surface area contributed by atoms with E-state index in [4.69, 9.17) is 0 Å². The summed E-state index contributed by atoms with van der Waals surface area (Å²) in [7, 11) is 0.0494. The van der Waals surface area contributed by atoms with Crippen molar-refractivity contribution in [1.82, 2.24) is 24.1 Å². The van der Waals surface area contributed by atoms with E-state index in [9.17, 15) is 13.2 Å². The van der Waals surface area contributed by atoms with Crippen molar-refractivity contribution in [3.63, 3.8) is 0 Å². The summed E-state index contributed by atoms with van der Waals surface area (Å²) in [4.78, 5) is 23.9. The molecular formula is C14H23N5O3S. The maximum absolute atomic E-state index is 12.4. The SMILES string of the molecule is CN(C)C(=O)[C@H]1CN(Cc2cncnc2)CCN(S(C)(=O)=O)C1. The van der Waals surface area contributed by atoms with Gasteiger partial charge in [0.1, 0.15) is 6.33 Å². The lowest BCUT2D eigenvalue weighted by molar-refractivity contribution is -0.133. The Bertz CT molecular complexity index is 635. The first kappa shape index (κ1) is 17.8. The summed E-state index contributed by atoms with van der Waals surface area (Å²) in [6, 6.07) is 0. The Morgan fingerprint density at radius 1 is 1.26 bits per heavy atom. The van der Waals surface area contributed by atoms with Crippen LogP contribution >= 0.6 is 0 Å². The number of sulfonamides is 1. The van der Waals surface area contributed by atoms with Gasteiger partial charge in [0.25, 0.3) is 0 Å². The molecule has 0 radical (unpaired) electrons. The molecule has 0 unspecified atom stereocenters. The van der Waals surface area contributed by atoms with Gasteiger partial charge in [-0.15, -0.1) is 0 Å². The maximum atomic E-state index is 12.4. The molecule has 0 aromatic carbocycles. The van der Waals surface area contributed by atoms with Gasteiger partial charge in [-0.25, -0.2) is 22.7 Å². The second-order valence-corrected chi connectivity index (χ2v) is 8.01. The molecule has 2 heterocycles. The molecule has 0 saturated carbocycles. The summed E-state index contributed by atoms with van der Waals surface area (Å²) in [5.41, 5.74) is 0.941. The fourth-order valence-electron chi connectivity index (χ4n) is 2.69. The zero-order valence-corrected chi connectivity index (χ0v) is 14.5. The van der Waals surface area contributed by atoms with Crippen LogP contribution in [0.25, 0.3) is 0 Å². The van der Waals surface area contributed by atoms with Gasteiger partial charge in [0.15, 0.2) is 0 Å². The third-order valence-electron chi connectivity index (χ3n) is 3.85. The smallest absolute Gasteiger partial charge is 0.227 e. The molecule has 23 heavy (non-hydrogen) atoms. The second kappa shape index (κ2) is 7.33. The zero-order chi connectivity index (χ0) is 17.0. The number of hydrogen-bond donors (Lipinski definition) is 0. The fraction of sp³-hybridized carbons (Fsp3) is 0.643. The van der Waals surface area contributed by atoms with Gasteiger partial charge in [-0.3, -0.25) is 9.69 Å². The average molecular weight is 341 g/mol. The molecule has 1 aromatic rings. The van der Waals surface area contributed by atoms with Crippen molar-refractivity contribution in [3.05, 3.63) is 24.3 Å². The standard InChI is InChI=1S/C14H23N5O3S/c1-17(2)14(20)13-9-18(8-12-6-15-11-16-7-12)4-5-19(10-13)23(3,21)22/h6-7,11,13H,4-5,8-10H2,1-3H3/t13-/m0/s1. The van der Waals surface area contributed by atoms with Crippen LogP contribution < -0.4 is 0 Å². The van der Waals surface area contributed by atoms with Crippen molar-refractivity contribution in [3.8, 4) is 0 Å². The van der Waals surface area contributed by atoms with Crippen molar-refractivity contribution < 1.29 is 13.2 Å². The lowest BCUT2D eigenvalue weighted by Gasteiger charge is -2.25. The predicted octanol–water partition coefficient (Wildman–Crippen LogP) is -0.742. The third kappa shape index (κ3) is 4.95. The van der Waals surface area contributed by atoms with E-state index in [1.54, 1.807) is 26.5 Å². The quantitative estimate of drug-likeness (QED) is 0.717. The molecule has 1 amide bonds. The highest BCUT2D eigenvalue weighted by Crippen LogP contribution is 2.16. The normalized spacial score (nSPS) is 20.9. The third-order valence-corrected chi connectivity index (χ3v) is 5.12. The lowest BCUT2D eigenvalue weighted by Crippen LogP contribution is -2.41. The summed E-state index contributed by atoms with van der Waals surface area (Å²) in [6.45, 7) is 2.27. The highest BCUT2D eigenvalue weighted by Gasteiger charge is 2.32. The van der Waals surface area contributed by atoms with Gasteiger partial charge >= 0.3 is 0 Å². The summed E-state index contributed by atoms with van der Waals surface area (Å²) in [6.07, 6.45) is 6.12. The van der Waals surface area contributed by atoms with Gasteiger partial charge in [0.2, 0.25) is 15.9 Å². The first-order valence-corrected chi connectivity index (χ1v) is 9.24. The topological polar surface area (TPSA) is 86.7 Å². The Balaban J connectivity index is 2.17. The maximum Gasteiger partial charge on any atom is 0.227 e. The highest BCUT2D eigenvalue weighted by molar-refractivity contribution is 7.88. The van der Waals surface area contributed by atoms with Crippen molar-refractivity contribution in [1.29, 1.82) is 0 Å². The van der Waals surface area contributed by atoms with E-state index in [1.807, 2.05) is 0 Å². The monoisotopic (exact) mass is 341 g/mol. The predicted molar refractivity (Wildman–Crippen MR) is 85.9 cm³/mol. The van der Waals surface area contributed by atoms with Crippen LogP contribution in [0.3, 0.4) is 0 Å². The van der Waals surface area contributed by atoms with Crippen LogP contribution in [-0.4, -0.2) is 84.9 Å². The molecule has 8 nitrogen and oxygen atoms in total. The highest BCUT2D eigenvalue weighted by atomic mass is 32.2. The summed E-state index contributed by atoms with van der Waals surface area (Å²) < 4.78 is 25.2. The number of carbonyl (C=O) groups is 1. The molecular weight excluding hydrogens is 318 g/mol. The molecule has 9 heteroatoms. The summed E-state index contributed by atoms with van der Waals surface area (Å²) in [5, 5.41) is 0. The van der Waals surface area contributed by atoms with Gasteiger partial charge in [0, 0.05) is 64.8 Å². The molecule has 1 saturated heterocycles. The summed E-state index contributed by atoms with van der Waals surface area (Å²) in [5.74, 6) is -0.443. The van der Waals surface area contributed by atoms with Crippen molar-refractivity contribution in [2.45, 2.75) is 6.54 Å². The van der Waals surface area contributed by atoms with E-state index >= 15 is 0 Å². The molecule has 0 aliphatic carbocycles. The van der Waals surface area contributed by atoms with Crippen LogP contribution in [0.4, 0.5) is 0 Å². The van der Waals surface area contributed by atoms with Crippen LogP contribution in [0, 0.1) is 5.92 Å². The van der Waals surface area contributed by atoms with Crippen LogP contribution in [0.1, 0.15) is 5.56 Å². The Kier molecular flexibility index (Phi) is 5.66. The molecule has 2 rings (SSSR count). The number of carbonyl (C=O) groups excluding carboxylic acids is 1. The Morgan fingerprint density at radius 3 is 2.48 bits per heavy atom.